The van der Waals surface area contributed by atoms with Crippen LogP contribution in [-0.2, 0) is 17.1 Å². The minimum absolute atomic E-state index is 0. The fourth-order valence-electron chi connectivity index (χ4n) is 3.41. The second kappa shape index (κ2) is 8.22. The first kappa shape index (κ1) is 18.4. The smallest absolute Gasteiger partial charge is 0.384 e. The second-order valence-corrected chi connectivity index (χ2v) is 6.12. The molecule has 2 saturated carbocycles. The molecule has 0 spiro atoms. The quantitative estimate of drug-likeness (QED) is 0.744. The van der Waals surface area contributed by atoms with Crippen molar-refractivity contribution in [2.75, 3.05) is 13.1 Å². The molecule has 5 aliphatic rings. The van der Waals surface area contributed by atoms with E-state index >= 15 is 0 Å². The first-order chi connectivity index (χ1) is 10.2. The van der Waals surface area contributed by atoms with Crippen molar-refractivity contribution in [3.63, 3.8) is 0 Å². The van der Waals surface area contributed by atoms with Crippen LogP contribution in [0.2, 0.25) is 0 Å². The Balaban J connectivity index is 0.000000253. The average Bonchev–Trinajstić information content (AvgIpc) is 3.19. The number of rotatable bonds is 1. The zero-order chi connectivity index (χ0) is 14.7. The van der Waals surface area contributed by atoms with E-state index in [1.54, 1.807) is 0 Å². The predicted octanol–water partition coefficient (Wildman–Crippen LogP) is 2.77. The summed E-state index contributed by atoms with van der Waals surface area (Å²) in [5.74, 6) is 1.64. The molecule has 3 heterocycles. The summed E-state index contributed by atoms with van der Waals surface area (Å²) in [5, 5.41) is 10.6. The van der Waals surface area contributed by atoms with Gasteiger partial charge in [-0.2, -0.15) is 0 Å². The Morgan fingerprint density at radius 3 is 1.95 bits per heavy atom. The number of aliphatic hydroxyl groups is 1. The fourth-order valence-corrected chi connectivity index (χ4v) is 3.41. The molecule has 5 rings (SSSR count). The molecule has 0 aromatic carbocycles. The molecule has 3 aliphatic heterocycles. The van der Waals surface area contributed by atoms with Gasteiger partial charge in [-0.15, -0.1) is 0 Å². The molecule has 3 saturated heterocycles. The van der Waals surface area contributed by atoms with Gasteiger partial charge in [-0.3, -0.25) is 0 Å². The molecule has 116 valence electrons. The molecule has 1 atom stereocenters. The van der Waals surface area contributed by atoms with E-state index in [2.05, 4.69) is 23.8 Å². The number of piperidine rings is 3. The molecule has 0 unspecified atom stereocenters. The summed E-state index contributed by atoms with van der Waals surface area (Å²) in [6.45, 7) is 4.18. The molecule has 3 heteroatoms. The summed E-state index contributed by atoms with van der Waals surface area (Å²) in [6.07, 6.45) is 22.7. The molecule has 10 radical (unpaired) electrons. The van der Waals surface area contributed by atoms with Crippen LogP contribution in [0, 0.1) is 69.6 Å². The molecule has 0 amide bonds. The number of allylic oxidation sites excluding steroid dienone is 1. The summed E-state index contributed by atoms with van der Waals surface area (Å²) in [7, 11) is 0. The van der Waals surface area contributed by atoms with Crippen molar-refractivity contribution in [3.8, 4) is 0 Å². The van der Waals surface area contributed by atoms with Gasteiger partial charge in [0.25, 0.3) is 0 Å². The van der Waals surface area contributed by atoms with Gasteiger partial charge in [0.15, 0.2) is 0 Å². The number of hydrogen-bond acceptors (Lipinski definition) is 2. The van der Waals surface area contributed by atoms with Gasteiger partial charge >= 0.3 is 17.1 Å². The van der Waals surface area contributed by atoms with Gasteiger partial charge in [-0.25, -0.2) is 0 Å². The third-order valence-electron chi connectivity index (χ3n) is 4.70. The third kappa shape index (κ3) is 4.10. The topological polar surface area (TPSA) is 23.5 Å². The van der Waals surface area contributed by atoms with Crippen LogP contribution in [0.1, 0.15) is 19.8 Å². The molecule has 22 heavy (non-hydrogen) atoms. The van der Waals surface area contributed by atoms with Gasteiger partial charge in [0.1, 0.15) is 5.60 Å². The van der Waals surface area contributed by atoms with Crippen LogP contribution in [-0.4, -0.2) is 28.7 Å². The third-order valence-corrected chi connectivity index (χ3v) is 4.70. The van der Waals surface area contributed by atoms with E-state index in [0.29, 0.717) is 5.92 Å². The van der Waals surface area contributed by atoms with E-state index in [0.717, 1.165) is 31.6 Å². The van der Waals surface area contributed by atoms with E-state index in [4.69, 9.17) is 0 Å². The van der Waals surface area contributed by atoms with Crippen LogP contribution in [0.5, 0.6) is 0 Å². The minimum Gasteiger partial charge on any atom is -0.384 e. The van der Waals surface area contributed by atoms with E-state index in [-0.39, 0.29) is 17.1 Å². The Bertz CT molecular complexity index is 354. The molecule has 0 aromatic rings. The predicted molar refractivity (Wildman–Crippen MR) is 84.9 cm³/mol. The maximum absolute atomic E-state index is 10.6. The average molecular weight is 337 g/mol. The normalized spacial score (nSPS) is 36.2. The van der Waals surface area contributed by atoms with E-state index in [1.807, 2.05) is 51.9 Å². The van der Waals surface area contributed by atoms with Gasteiger partial charge in [-0.05, 0) is 83.5 Å². The van der Waals surface area contributed by atoms with Crippen molar-refractivity contribution in [2.24, 2.45) is 5.92 Å². The minimum atomic E-state index is -0.631. The van der Waals surface area contributed by atoms with Gasteiger partial charge in [-0.1, -0.05) is 6.08 Å². The molecular formula is C19H23FeNO+2. The summed E-state index contributed by atoms with van der Waals surface area (Å²) in [6, 6.07) is 0. The van der Waals surface area contributed by atoms with Crippen molar-refractivity contribution in [3.05, 3.63) is 75.5 Å². The van der Waals surface area contributed by atoms with Gasteiger partial charge in [0, 0.05) is 24.7 Å². The number of fused-ring (bicyclic) bond motifs is 3. The van der Waals surface area contributed by atoms with Gasteiger partial charge in [0.05, 0.1) is 0 Å². The molecule has 2 nitrogen and oxygen atoms in total. The Hall–Kier alpha value is 0.0195. The summed E-state index contributed by atoms with van der Waals surface area (Å²) in [4.78, 5) is 2.34. The molecule has 0 aromatic heterocycles. The largest absolute Gasteiger partial charge is 2.00 e. The van der Waals surface area contributed by atoms with Crippen molar-refractivity contribution >= 4 is 0 Å². The van der Waals surface area contributed by atoms with Gasteiger partial charge in [0.2, 0.25) is 0 Å². The van der Waals surface area contributed by atoms with Crippen molar-refractivity contribution in [2.45, 2.75) is 25.4 Å². The van der Waals surface area contributed by atoms with Crippen LogP contribution < -0.4 is 0 Å². The monoisotopic (exact) mass is 337 g/mol. The maximum Gasteiger partial charge on any atom is 2.00 e. The molecule has 2 bridgehead atoms. The summed E-state index contributed by atoms with van der Waals surface area (Å²) >= 11 is 0. The summed E-state index contributed by atoms with van der Waals surface area (Å²) < 4.78 is 0. The second-order valence-electron chi connectivity index (χ2n) is 6.12. The standard InChI is InChI=1S/C14H18NO.C5H5.Fe/c1-14(16)12-6-8-15(9-7-12)13(14)10-11-4-2-3-5-11;1-2-4-5-3-1;/h2-5,10,12,16H,6-9H2,1H3;1-5H;/q;;+2/b13-10+;;/t14-;;/m0../s1. The van der Waals surface area contributed by atoms with Crippen LogP contribution in [0.15, 0.2) is 11.8 Å². The van der Waals surface area contributed by atoms with E-state index in [9.17, 15) is 5.11 Å². The Morgan fingerprint density at radius 1 is 1.00 bits per heavy atom. The van der Waals surface area contributed by atoms with Crippen molar-refractivity contribution in [1.29, 1.82) is 0 Å². The van der Waals surface area contributed by atoms with Crippen LogP contribution in [0.25, 0.3) is 0 Å². The first-order valence-electron chi connectivity index (χ1n) is 7.76. The van der Waals surface area contributed by atoms with E-state index in [1.165, 1.54) is 5.92 Å². The van der Waals surface area contributed by atoms with Crippen molar-refractivity contribution < 1.29 is 22.2 Å². The first-order valence-corrected chi connectivity index (χ1v) is 7.76. The molecular weight excluding hydrogens is 314 g/mol. The molecule has 2 aliphatic carbocycles. The summed E-state index contributed by atoms with van der Waals surface area (Å²) in [5.41, 5.74) is 0.481. The Morgan fingerprint density at radius 2 is 1.50 bits per heavy atom. The van der Waals surface area contributed by atoms with Gasteiger partial charge < -0.3 is 10.0 Å². The maximum atomic E-state index is 10.6. The zero-order valence-electron chi connectivity index (χ0n) is 12.9. The van der Waals surface area contributed by atoms with Crippen LogP contribution in [0.3, 0.4) is 0 Å². The Labute approximate surface area is 147 Å². The molecule has 5 fully saturated rings. The van der Waals surface area contributed by atoms with Crippen LogP contribution in [0.4, 0.5) is 0 Å². The molecule has 1 N–H and O–H groups in total. The zero-order valence-corrected chi connectivity index (χ0v) is 14.0. The SMILES string of the molecule is C[C@@]1(O)/C(=C\[C]2[CH][CH][CH][CH]2)N2CCC1CC2.[CH]1[CH][CH][CH][CH]1.[Fe+2]. The Kier molecular flexibility index (Phi) is 6.86. The number of hydrogen-bond donors (Lipinski definition) is 1. The fraction of sp³-hybridized carbons (Fsp3) is 0.368. The van der Waals surface area contributed by atoms with Crippen LogP contribution >= 0.6 is 0 Å². The van der Waals surface area contributed by atoms with Crippen molar-refractivity contribution in [1.82, 2.24) is 4.90 Å². The number of nitrogens with zero attached hydrogens (tertiary/aromatic N) is 1. The van der Waals surface area contributed by atoms with E-state index < -0.39 is 5.60 Å².